The van der Waals surface area contributed by atoms with Gasteiger partial charge in [-0.3, -0.25) is 0 Å². The highest BCUT2D eigenvalue weighted by Crippen LogP contribution is 2.13. The van der Waals surface area contributed by atoms with Gasteiger partial charge in [-0.15, -0.1) is 10.2 Å². The van der Waals surface area contributed by atoms with Gasteiger partial charge in [-0.1, -0.05) is 17.8 Å². The molecule has 0 spiro atoms. The molecular weight excluding hydrogens is 208 g/mol. The summed E-state index contributed by atoms with van der Waals surface area (Å²) in [7, 11) is 0. The summed E-state index contributed by atoms with van der Waals surface area (Å²) in [6, 6.07) is 0. The van der Waals surface area contributed by atoms with E-state index in [4.69, 9.17) is 0 Å². The SMILES string of the molecule is Cc1nnc(NCCN2CCCCC2)s1. The van der Waals surface area contributed by atoms with Crippen molar-refractivity contribution in [1.82, 2.24) is 15.1 Å². The Hall–Kier alpha value is -0.680. The number of likely N-dealkylation sites (tertiary alicyclic amines) is 1. The predicted molar refractivity (Wildman–Crippen MR) is 63.4 cm³/mol. The van der Waals surface area contributed by atoms with Gasteiger partial charge < -0.3 is 10.2 Å². The molecule has 1 aromatic heterocycles. The minimum absolute atomic E-state index is 0.949. The van der Waals surface area contributed by atoms with E-state index in [1.807, 2.05) is 6.92 Å². The summed E-state index contributed by atoms with van der Waals surface area (Å²) in [4.78, 5) is 2.52. The van der Waals surface area contributed by atoms with Crippen LogP contribution in [0.15, 0.2) is 0 Å². The van der Waals surface area contributed by atoms with E-state index in [0.29, 0.717) is 0 Å². The second-order valence-corrected chi connectivity index (χ2v) is 5.14. The predicted octanol–water partition coefficient (Wildman–Crippen LogP) is 1.74. The van der Waals surface area contributed by atoms with Crippen LogP contribution in [0, 0.1) is 6.92 Å². The van der Waals surface area contributed by atoms with Gasteiger partial charge in [-0.25, -0.2) is 0 Å². The number of rotatable bonds is 4. The molecule has 1 fully saturated rings. The number of piperidine rings is 1. The second kappa shape index (κ2) is 5.42. The molecule has 5 heteroatoms. The van der Waals surface area contributed by atoms with Gasteiger partial charge in [-0.05, 0) is 32.9 Å². The molecule has 0 aromatic carbocycles. The first-order valence-electron chi connectivity index (χ1n) is 5.61. The van der Waals surface area contributed by atoms with Gasteiger partial charge in [0, 0.05) is 13.1 Å². The van der Waals surface area contributed by atoms with Crippen LogP contribution in [0.25, 0.3) is 0 Å². The first kappa shape index (κ1) is 10.8. The molecule has 0 bridgehead atoms. The van der Waals surface area contributed by atoms with Crippen LogP contribution in [-0.2, 0) is 0 Å². The van der Waals surface area contributed by atoms with Crippen molar-refractivity contribution >= 4 is 16.5 Å². The van der Waals surface area contributed by atoms with Crippen molar-refractivity contribution in [3.63, 3.8) is 0 Å². The highest BCUT2D eigenvalue weighted by molar-refractivity contribution is 7.15. The maximum atomic E-state index is 4.04. The van der Waals surface area contributed by atoms with Gasteiger partial charge in [0.15, 0.2) is 0 Å². The zero-order chi connectivity index (χ0) is 10.5. The molecule has 0 aliphatic carbocycles. The van der Waals surface area contributed by atoms with Crippen LogP contribution in [0.3, 0.4) is 0 Å². The first-order chi connectivity index (χ1) is 7.34. The summed E-state index contributed by atoms with van der Waals surface area (Å²) in [6.45, 7) is 6.61. The summed E-state index contributed by atoms with van der Waals surface area (Å²) < 4.78 is 0. The summed E-state index contributed by atoms with van der Waals surface area (Å²) in [6.07, 6.45) is 4.12. The Balaban J connectivity index is 1.65. The van der Waals surface area contributed by atoms with Crippen LogP contribution in [0.1, 0.15) is 24.3 Å². The van der Waals surface area contributed by atoms with E-state index in [0.717, 1.165) is 23.2 Å². The molecule has 0 saturated carbocycles. The molecule has 2 rings (SSSR count). The molecule has 0 unspecified atom stereocenters. The molecule has 4 nitrogen and oxygen atoms in total. The Morgan fingerprint density at radius 1 is 1.27 bits per heavy atom. The number of aryl methyl sites for hydroxylation is 1. The minimum Gasteiger partial charge on any atom is -0.359 e. The van der Waals surface area contributed by atoms with E-state index in [-0.39, 0.29) is 0 Å². The Morgan fingerprint density at radius 3 is 2.73 bits per heavy atom. The van der Waals surface area contributed by atoms with Gasteiger partial charge in [-0.2, -0.15) is 0 Å². The number of nitrogens with zero attached hydrogens (tertiary/aromatic N) is 3. The molecule has 15 heavy (non-hydrogen) atoms. The van der Waals surface area contributed by atoms with E-state index < -0.39 is 0 Å². The van der Waals surface area contributed by atoms with Gasteiger partial charge in [0.1, 0.15) is 5.01 Å². The van der Waals surface area contributed by atoms with Crippen LogP contribution >= 0.6 is 11.3 Å². The Kier molecular flexibility index (Phi) is 3.91. The fourth-order valence-corrected chi connectivity index (χ4v) is 2.49. The molecule has 1 N–H and O–H groups in total. The lowest BCUT2D eigenvalue weighted by molar-refractivity contribution is 0.237. The largest absolute Gasteiger partial charge is 0.359 e. The monoisotopic (exact) mass is 226 g/mol. The number of nitrogens with one attached hydrogen (secondary N) is 1. The van der Waals surface area contributed by atoms with Crippen LogP contribution in [-0.4, -0.2) is 41.3 Å². The molecule has 1 aliphatic rings. The number of hydrogen-bond acceptors (Lipinski definition) is 5. The number of anilines is 1. The molecule has 1 saturated heterocycles. The molecular formula is C10H18N4S. The maximum absolute atomic E-state index is 4.04. The fourth-order valence-electron chi connectivity index (χ4n) is 1.87. The molecule has 84 valence electrons. The average molecular weight is 226 g/mol. The quantitative estimate of drug-likeness (QED) is 0.849. The van der Waals surface area contributed by atoms with Crippen molar-refractivity contribution in [2.45, 2.75) is 26.2 Å². The van der Waals surface area contributed by atoms with Gasteiger partial charge in [0.25, 0.3) is 0 Å². The van der Waals surface area contributed by atoms with Crippen molar-refractivity contribution in [2.75, 3.05) is 31.5 Å². The zero-order valence-corrected chi connectivity index (χ0v) is 10.0. The van der Waals surface area contributed by atoms with E-state index in [1.54, 1.807) is 11.3 Å². The number of aromatic nitrogens is 2. The normalized spacial score (nSPS) is 17.9. The Bertz CT molecular complexity index is 293. The van der Waals surface area contributed by atoms with Crippen LogP contribution in [0.5, 0.6) is 0 Å². The Morgan fingerprint density at radius 2 is 2.07 bits per heavy atom. The van der Waals surface area contributed by atoms with Crippen LogP contribution < -0.4 is 5.32 Å². The number of hydrogen-bond donors (Lipinski definition) is 1. The minimum atomic E-state index is 0.949. The molecule has 0 atom stereocenters. The first-order valence-corrected chi connectivity index (χ1v) is 6.42. The van der Waals surface area contributed by atoms with Crippen molar-refractivity contribution < 1.29 is 0 Å². The third-order valence-electron chi connectivity index (χ3n) is 2.68. The van der Waals surface area contributed by atoms with Crippen LogP contribution in [0.4, 0.5) is 5.13 Å². The van der Waals surface area contributed by atoms with E-state index >= 15 is 0 Å². The topological polar surface area (TPSA) is 41.1 Å². The van der Waals surface area contributed by atoms with Crippen molar-refractivity contribution in [2.24, 2.45) is 0 Å². The molecule has 0 radical (unpaired) electrons. The summed E-state index contributed by atoms with van der Waals surface area (Å²) in [5.74, 6) is 0. The summed E-state index contributed by atoms with van der Waals surface area (Å²) >= 11 is 1.62. The lowest BCUT2D eigenvalue weighted by Crippen LogP contribution is -2.33. The third kappa shape index (κ3) is 3.43. The second-order valence-electron chi connectivity index (χ2n) is 3.96. The molecule has 2 heterocycles. The zero-order valence-electron chi connectivity index (χ0n) is 9.20. The van der Waals surface area contributed by atoms with Crippen molar-refractivity contribution in [1.29, 1.82) is 0 Å². The smallest absolute Gasteiger partial charge is 0.205 e. The van der Waals surface area contributed by atoms with Gasteiger partial charge in [0.2, 0.25) is 5.13 Å². The highest BCUT2D eigenvalue weighted by Gasteiger charge is 2.09. The summed E-state index contributed by atoms with van der Waals surface area (Å²) in [5, 5.41) is 13.3. The highest BCUT2D eigenvalue weighted by atomic mass is 32.1. The average Bonchev–Trinajstić information content (AvgIpc) is 2.66. The standard InChI is InChI=1S/C10H18N4S/c1-9-12-13-10(15-9)11-5-8-14-6-3-2-4-7-14/h2-8H2,1H3,(H,11,13). The lowest BCUT2D eigenvalue weighted by atomic mass is 10.1. The molecule has 1 aliphatic heterocycles. The van der Waals surface area contributed by atoms with E-state index in [9.17, 15) is 0 Å². The Labute approximate surface area is 94.7 Å². The van der Waals surface area contributed by atoms with Crippen molar-refractivity contribution in [3.05, 3.63) is 5.01 Å². The van der Waals surface area contributed by atoms with Gasteiger partial charge in [0.05, 0.1) is 0 Å². The molecule has 0 amide bonds. The maximum Gasteiger partial charge on any atom is 0.205 e. The van der Waals surface area contributed by atoms with Crippen molar-refractivity contribution in [3.8, 4) is 0 Å². The fraction of sp³-hybridized carbons (Fsp3) is 0.800. The van der Waals surface area contributed by atoms with Gasteiger partial charge >= 0.3 is 0 Å². The molecule has 1 aromatic rings. The van der Waals surface area contributed by atoms with Crippen LogP contribution in [0.2, 0.25) is 0 Å². The summed E-state index contributed by atoms with van der Waals surface area (Å²) in [5.41, 5.74) is 0. The third-order valence-corrected chi connectivity index (χ3v) is 3.48. The van der Waals surface area contributed by atoms with E-state index in [1.165, 1.54) is 32.4 Å². The lowest BCUT2D eigenvalue weighted by Gasteiger charge is -2.26. The van der Waals surface area contributed by atoms with E-state index in [2.05, 4.69) is 20.4 Å².